The van der Waals surface area contributed by atoms with Crippen LogP contribution < -0.4 is 10.6 Å². The van der Waals surface area contributed by atoms with E-state index >= 15 is 0 Å². The largest absolute Gasteiger partial charge is 0.461 e. The Kier molecular flexibility index (Phi) is 3.03. The first kappa shape index (κ1) is 17.0. The molecule has 0 spiro atoms. The fourth-order valence-corrected chi connectivity index (χ4v) is 5.68. The quantitative estimate of drug-likeness (QED) is 0.738. The Hall–Kier alpha value is -2.14. The molecule has 2 aromatic rings. The van der Waals surface area contributed by atoms with E-state index in [1.807, 2.05) is 6.92 Å². The second-order valence-electron chi connectivity index (χ2n) is 6.86. The molecule has 2 aliphatic carbocycles. The molecule has 4 atom stereocenters. The number of hydrogen-bond donors (Lipinski definition) is 2. The van der Waals surface area contributed by atoms with Crippen molar-refractivity contribution in [1.82, 2.24) is 15.0 Å². The SMILES string of the molecule is CNc1nc(Nc2sc([C@]34C(=O)OC5[C@H]3[C@@]54C)nc2Cl)ncc1C(F)(F)F. The summed E-state index contributed by atoms with van der Waals surface area (Å²) in [6.45, 7) is 1.98. The van der Waals surface area contributed by atoms with Crippen molar-refractivity contribution in [3.05, 3.63) is 21.9 Å². The highest BCUT2D eigenvalue weighted by Gasteiger charge is 3.04. The number of nitrogens with one attached hydrogen (secondary N) is 2. The third-order valence-electron chi connectivity index (χ3n) is 5.70. The van der Waals surface area contributed by atoms with E-state index in [-0.39, 0.29) is 40.3 Å². The lowest BCUT2D eigenvalue weighted by atomic mass is 9.91. The standard InChI is InChI=1S/C15H11ClF3N5O2S/c1-13-5-6(13)26-11(25)14(5,13)10-22-7(16)9(27-10)24-12-21-3-4(15(17,18)19)8(20-2)23-12/h3,5-6H,1-2H3,(H2,20,21,23,24)/t5-,6?,13-,14-/m0/s1. The van der Waals surface area contributed by atoms with Crippen LogP contribution in [-0.4, -0.2) is 34.1 Å². The van der Waals surface area contributed by atoms with E-state index in [0.29, 0.717) is 16.2 Å². The van der Waals surface area contributed by atoms with E-state index < -0.39 is 17.2 Å². The van der Waals surface area contributed by atoms with Crippen LogP contribution in [0.4, 0.5) is 29.9 Å². The monoisotopic (exact) mass is 417 g/mol. The maximum absolute atomic E-state index is 12.9. The number of halogens is 4. The van der Waals surface area contributed by atoms with Gasteiger partial charge in [0.1, 0.15) is 32.9 Å². The fraction of sp³-hybridized carbons (Fsp3) is 0.467. The molecule has 2 aromatic heterocycles. The molecule has 12 heteroatoms. The number of carbonyl (C=O) groups excluding carboxylic acids is 1. The van der Waals surface area contributed by atoms with Crippen LogP contribution in [0.2, 0.25) is 5.15 Å². The molecule has 7 nitrogen and oxygen atoms in total. The maximum atomic E-state index is 12.9. The summed E-state index contributed by atoms with van der Waals surface area (Å²) in [4.78, 5) is 24.0. The Bertz CT molecular complexity index is 1010. The van der Waals surface area contributed by atoms with E-state index in [2.05, 4.69) is 25.6 Å². The second kappa shape index (κ2) is 4.82. The highest BCUT2D eigenvalue weighted by atomic mass is 35.5. The molecule has 4 fully saturated rings. The lowest BCUT2D eigenvalue weighted by Crippen LogP contribution is -2.25. The normalized spacial score (nSPS) is 32.7. The highest BCUT2D eigenvalue weighted by molar-refractivity contribution is 7.16. The molecule has 27 heavy (non-hydrogen) atoms. The lowest BCUT2D eigenvalue weighted by molar-refractivity contribution is -0.139. The summed E-state index contributed by atoms with van der Waals surface area (Å²) in [6.07, 6.45) is -3.93. The third-order valence-corrected chi connectivity index (χ3v) is 7.19. The zero-order valence-electron chi connectivity index (χ0n) is 13.8. The zero-order valence-corrected chi connectivity index (χ0v) is 15.4. The van der Waals surface area contributed by atoms with Gasteiger partial charge in [-0.05, 0) is 0 Å². The minimum absolute atomic E-state index is 0.0412. The summed E-state index contributed by atoms with van der Waals surface area (Å²) in [7, 11) is 1.33. The fourth-order valence-electron chi connectivity index (χ4n) is 4.19. The van der Waals surface area contributed by atoms with Crippen LogP contribution in [0, 0.1) is 11.3 Å². The van der Waals surface area contributed by atoms with Crippen LogP contribution in [0.3, 0.4) is 0 Å². The molecule has 142 valence electrons. The van der Waals surface area contributed by atoms with Crippen LogP contribution in [0.5, 0.6) is 0 Å². The van der Waals surface area contributed by atoms with Crippen molar-refractivity contribution in [2.24, 2.45) is 11.3 Å². The van der Waals surface area contributed by atoms with E-state index in [1.54, 1.807) is 0 Å². The van der Waals surface area contributed by atoms with Crippen molar-refractivity contribution in [3.8, 4) is 0 Å². The minimum Gasteiger partial charge on any atom is -0.461 e. The van der Waals surface area contributed by atoms with E-state index in [0.717, 1.165) is 11.3 Å². The van der Waals surface area contributed by atoms with Gasteiger partial charge in [-0.15, -0.1) is 0 Å². The van der Waals surface area contributed by atoms with Crippen LogP contribution in [0.1, 0.15) is 17.5 Å². The van der Waals surface area contributed by atoms with Crippen molar-refractivity contribution < 1.29 is 22.7 Å². The lowest BCUT2D eigenvalue weighted by Gasteiger charge is -2.12. The first-order chi connectivity index (χ1) is 12.7. The van der Waals surface area contributed by atoms with Crippen LogP contribution in [0.25, 0.3) is 0 Å². The summed E-state index contributed by atoms with van der Waals surface area (Å²) < 4.78 is 44.1. The number of fused-ring (bicyclic) bond motifs is 1. The molecular weight excluding hydrogens is 407 g/mol. The molecule has 4 heterocycles. The van der Waals surface area contributed by atoms with Crippen LogP contribution in [-0.2, 0) is 21.1 Å². The van der Waals surface area contributed by atoms with Gasteiger partial charge in [-0.2, -0.15) is 18.2 Å². The summed E-state index contributed by atoms with van der Waals surface area (Å²) in [6, 6.07) is 0. The topological polar surface area (TPSA) is 89.0 Å². The van der Waals surface area contributed by atoms with Gasteiger partial charge < -0.3 is 15.4 Å². The van der Waals surface area contributed by atoms with Crippen molar-refractivity contribution in [2.75, 3.05) is 17.7 Å². The van der Waals surface area contributed by atoms with Gasteiger partial charge in [0.25, 0.3) is 0 Å². The summed E-state index contributed by atoms with van der Waals surface area (Å²) in [5.41, 5.74) is -1.92. The second-order valence-corrected chi connectivity index (χ2v) is 8.22. The van der Waals surface area contributed by atoms with Gasteiger partial charge in [0, 0.05) is 24.6 Å². The van der Waals surface area contributed by atoms with Crippen molar-refractivity contribution in [3.63, 3.8) is 0 Å². The van der Waals surface area contributed by atoms with Crippen molar-refractivity contribution >= 4 is 45.7 Å². The summed E-state index contributed by atoms with van der Waals surface area (Å²) in [5.74, 6) is -0.593. The first-order valence-electron chi connectivity index (χ1n) is 7.92. The number of anilines is 3. The smallest absolute Gasteiger partial charge is 0.421 e. The molecule has 2 saturated heterocycles. The van der Waals surface area contributed by atoms with Gasteiger partial charge in [-0.3, -0.25) is 4.79 Å². The third kappa shape index (κ3) is 1.88. The number of ether oxygens (including phenoxy) is 1. The van der Waals surface area contributed by atoms with Gasteiger partial charge in [-0.1, -0.05) is 29.9 Å². The van der Waals surface area contributed by atoms with Crippen LogP contribution >= 0.6 is 22.9 Å². The number of esters is 1. The van der Waals surface area contributed by atoms with Gasteiger partial charge in [0.15, 0.2) is 5.15 Å². The number of aromatic nitrogens is 3. The Morgan fingerprint density at radius 2 is 2.07 bits per heavy atom. The molecule has 0 aromatic carbocycles. The minimum atomic E-state index is -4.58. The molecule has 2 aliphatic heterocycles. The van der Waals surface area contributed by atoms with Gasteiger partial charge >= 0.3 is 12.1 Å². The van der Waals surface area contributed by atoms with Gasteiger partial charge in [0.05, 0.1) is 0 Å². The van der Waals surface area contributed by atoms with Crippen molar-refractivity contribution in [1.29, 1.82) is 0 Å². The molecule has 0 amide bonds. The first-order valence-corrected chi connectivity index (χ1v) is 9.12. The number of hydrogen-bond acceptors (Lipinski definition) is 8. The average molecular weight is 418 g/mol. The van der Waals surface area contributed by atoms with Gasteiger partial charge in [0.2, 0.25) is 5.95 Å². The number of nitrogens with zero attached hydrogens (tertiary/aromatic N) is 3. The predicted molar refractivity (Wildman–Crippen MR) is 90.1 cm³/mol. The molecule has 2 bridgehead atoms. The number of rotatable bonds is 4. The zero-order chi connectivity index (χ0) is 19.4. The molecular formula is C15H11ClF3N5O2S. The van der Waals surface area contributed by atoms with Gasteiger partial charge in [-0.25, -0.2) is 9.97 Å². The van der Waals surface area contributed by atoms with Crippen molar-refractivity contribution in [2.45, 2.75) is 24.6 Å². The molecule has 2 saturated carbocycles. The molecule has 1 unspecified atom stereocenters. The number of thiazole rings is 1. The van der Waals surface area contributed by atoms with E-state index in [9.17, 15) is 18.0 Å². The predicted octanol–water partition coefficient (Wildman–Crippen LogP) is 3.20. The number of alkyl halides is 3. The Morgan fingerprint density at radius 1 is 1.37 bits per heavy atom. The Balaban J connectivity index is 1.45. The summed E-state index contributed by atoms with van der Waals surface area (Å²) >= 11 is 7.32. The molecule has 6 rings (SSSR count). The highest BCUT2D eigenvalue weighted by Crippen LogP contribution is 2.92. The maximum Gasteiger partial charge on any atom is 0.421 e. The molecule has 0 radical (unpaired) electrons. The van der Waals surface area contributed by atoms with E-state index in [1.165, 1.54) is 7.05 Å². The van der Waals surface area contributed by atoms with Crippen LogP contribution in [0.15, 0.2) is 6.20 Å². The molecule has 4 aliphatic rings. The number of carbonyl (C=O) groups is 1. The Morgan fingerprint density at radius 3 is 2.63 bits per heavy atom. The summed E-state index contributed by atoms with van der Waals surface area (Å²) in [5, 5.41) is 6.19. The Labute approximate surface area is 159 Å². The van der Waals surface area contributed by atoms with E-state index in [4.69, 9.17) is 16.3 Å². The molecule has 2 N–H and O–H groups in total. The average Bonchev–Trinajstić information content (AvgIpc) is 3.13.